The second kappa shape index (κ2) is 7.87. The smallest absolute Gasteiger partial charge is 0.352 e. The third-order valence-corrected chi connectivity index (χ3v) is 4.70. The second-order valence-corrected chi connectivity index (χ2v) is 6.59. The number of nitrogens with one attached hydrogen (secondary N) is 1. The molecule has 1 N–H and O–H groups in total. The van der Waals surface area contributed by atoms with E-state index in [1.165, 1.54) is 35.6 Å². The third-order valence-electron chi connectivity index (χ3n) is 3.76. The molecule has 1 aromatic heterocycles. The molecular formula is C19H14F4N2OS. The monoisotopic (exact) mass is 394 g/mol. The largest absolute Gasteiger partial charge is 0.416 e. The molecule has 3 rings (SSSR count). The van der Waals surface area contributed by atoms with Crippen LogP contribution in [0.25, 0.3) is 10.6 Å². The predicted octanol–water partition coefficient (Wildman–Crippen LogP) is 4.94. The summed E-state index contributed by atoms with van der Waals surface area (Å²) in [6, 6.07) is 10.2. The molecule has 3 nitrogen and oxygen atoms in total. The molecule has 1 amide bonds. The first-order chi connectivity index (χ1) is 12.8. The van der Waals surface area contributed by atoms with Gasteiger partial charge in [-0.3, -0.25) is 4.79 Å². The Morgan fingerprint density at radius 1 is 1.11 bits per heavy atom. The van der Waals surface area contributed by atoms with Crippen LogP contribution in [0.3, 0.4) is 0 Å². The van der Waals surface area contributed by atoms with E-state index in [1.54, 1.807) is 12.1 Å². The van der Waals surface area contributed by atoms with Crippen LogP contribution in [0.1, 0.15) is 21.6 Å². The molecule has 8 heteroatoms. The van der Waals surface area contributed by atoms with E-state index in [1.807, 2.05) is 5.38 Å². The number of halogens is 4. The Morgan fingerprint density at radius 2 is 1.85 bits per heavy atom. The van der Waals surface area contributed by atoms with Crippen molar-refractivity contribution >= 4 is 17.2 Å². The molecule has 0 saturated heterocycles. The van der Waals surface area contributed by atoms with Gasteiger partial charge in [-0.1, -0.05) is 6.07 Å². The van der Waals surface area contributed by atoms with Gasteiger partial charge >= 0.3 is 6.18 Å². The summed E-state index contributed by atoms with van der Waals surface area (Å²) in [5.41, 5.74) is 0.623. The Bertz CT molecular complexity index is 935. The highest BCUT2D eigenvalue weighted by Crippen LogP contribution is 2.29. The van der Waals surface area contributed by atoms with Gasteiger partial charge in [-0.15, -0.1) is 11.3 Å². The molecule has 3 aromatic rings. The van der Waals surface area contributed by atoms with E-state index in [0.717, 1.165) is 28.4 Å². The number of nitrogens with zero attached hydrogens (tertiary/aromatic N) is 1. The third kappa shape index (κ3) is 4.91. The topological polar surface area (TPSA) is 42.0 Å². The van der Waals surface area contributed by atoms with E-state index < -0.39 is 17.6 Å². The molecule has 27 heavy (non-hydrogen) atoms. The van der Waals surface area contributed by atoms with Crippen LogP contribution in [0.2, 0.25) is 0 Å². The van der Waals surface area contributed by atoms with Crippen molar-refractivity contribution in [1.82, 2.24) is 10.3 Å². The number of rotatable bonds is 5. The van der Waals surface area contributed by atoms with E-state index in [4.69, 9.17) is 0 Å². The molecule has 1 heterocycles. The average molecular weight is 394 g/mol. The minimum absolute atomic E-state index is 0.0462. The maximum atomic E-state index is 13.0. The maximum Gasteiger partial charge on any atom is 0.416 e. The first-order valence-electron chi connectivity index (χ1n) is 7.99. The zero-order valence-electron chi connectivity index (χ0n) is 13.9. The van der Waals surface area contributed by atoms with Crippen molar-refractivity contribution in [2.45, 2.75) is 12.6 Å². The Balaban J connectivity index is 1.57. The summed E-state index contributed by atoms with van der Waals surface area (Å²) in [7, 11) is 0. The van der Waals surface area contributed by atoms with Gasteiger partial charge in [-0.25, -0.2) is 9.37 Å². The van der Waals surface area contributed by atoms with Crippen molar-refractivity contribution in [3.63, 3.8) is 0 Å². The normalized spacial score (nSPS) is 11.4. The van der Waals surface area contributed by atoms with Crippen LogP contribution in [0.15, 0.2) is 53.9 Å². The Morgan fingerprint density at radius 3 is 2.56 bits per heavy atom. The number of benzene rings is 2. The van der Waals surface area contributed by atoms with E-state index in [9.17, 15) is 22.4 Å². The van der Waals surface area contributed by atoms with Crippen molar-refractivity contribution in [3.05, 3.63) is 76.5 Å². The predicted molar refractivity (Wildman–Crippen MR) is 95.0 cm³/mol. The molecule has 0 aliphatic carbocycles. The van der Waals surface area contributed by atoms with E-state index in [2.05, 4.69) is 10.3 Å². The molecule has 2 aromatic carbocycles. The lowest BCUT2D eigenvalue weighted by Crippen LogP contribution is -2.26. The number of aromatic nitrogens is 1. The first kappa shape index (κ1) is 19.0. The highest BCUT2D eigenvalue weighted by molar-refractivity contribution is 7.13. The summed E-state index contributed by atoms with van der Waals surface area (Å²) in [4.78, 5) is 16.5. The molecule has 0 aliphatic heterocycles. The molecule has 0 aliphatic rings. The van der Waals surface area contributed by atoms with Gasteiger partial charge in [0, 0.05) is 29.5 Å². The zero-order chi connectivity index (χ0) is 19.4. The van der Waals surface area contributed by atoms with Gasteiger partial charge in [0.15, 0.2) is 0 Å². The van der Waals surface area contributed by atoms with Gasteiger partial charge in [0.1, 0.15) is 10.8 Å². The number of amides is 1. The van der Waals surface area contributed by atoms with Crippen LogP contribution < -0.4 is 5.32 Å². The molecule has 0 unspecified atom stereocenters. The van der Waals surface area contributed by atoms with Crippen molar-refractivity contribution in [3.8, 4) is 10.6 Å². The number of hydrogen-bond donors (Lipinski definition) is 1. The fraction of sp³-hybridized carbons (Fsp3) is 0.158. The fourth-order valence-electron chi connectivity index (χ4n) is 2.39. The van der Waals surface area contributed by atoms with Gasteiger partial charge < -0.3 is 5.32 Å². The lowest BCUT2D eigenvalue weighted by molar-refractivity contribution is -0.137. The summed E-state index contributed by atoms with van der Waals surface area (Å²) >= 11 is 1.40. The highest BCUT2D eigenvalue weighted by atomic mass is 32.1. The van der Waals surface area contributed by atoms with E-state index >= 15 is 0 Å². The number of alkyl halides is 3. The fourth-order valence-corrected chi connectivity index (χ4v) is 3.25. The number of thiazole rings is 1. The van der Waals surface area contributed by atoms with Crippen LogP contribution >= 0.6 is 11.3 Å². The lowest BCUT2D eigenvalue weighted by atomic mass is 10.1. The number of carbonyl (C=O) groups excluding carboxylic acids is 1. The molecule has 0 saturated carbocycles. The quantitative estimate of drug-likeness (QED) is 0.623. The molecule has 0 atom stereocenters. The van der Waals surface area contributed by atoms with Crippen molar-refractivity contribution in [2.24, 2.45) is 0 Å². The van der Waals surface area contributed by atoms with Crippen LogP contribution in [0, 0.1) is 5.82 Å². The van der Waals surface area contributed by atoms with Gasteiger partial charge in [0.25, 0.3) is 5.91 Å². The minimum atomic E-state index is -4.49. The van der Waals surface area contributed by atoms with Crippen LogP contribution in [-0.4, -0.2) is 17.4 Å². The van der Waals surface area contributed by atoms with Crippen LogP contribution in [0.5, 0.6) is 0 Å². The van der Waals surface area contributed by atoms with Gasteiger partial charge in [-0.2, -0.15) is 13.2 Å². The van der Waals surface area contributed by atoms with Crippen molar-refractivity contribution in [1.29, 1.82) is 0 Å². The number of hydrogen-bond acceptors (Lipinski definition) is 3. The molecular weight excluding hydrogens is 380 g/mol. The summed E-state index contributed by atoms with van der Waals surface area (Å²) in [6.45, 7) is 0.238. The SMILES string of the molecule is O=C(NCCc1csc(-c2ccc(F)cc2)n1)c1cccc(C(F)(F)F)c1. The van der Waals surface area contributed by atoms with Gasteiger partial charge in [0.2, 0.25) is 0 Å². The molecule has 0 bridgehead atoms. The Kier molecular flexibility index (Phi) is 5.55. The lowest BCUT2D eigenvalue weighted by Gasteiger charge is -2.09. The van der Waals surface area contributed by atoms with Crippen LogP contribution in [0.4, 0.5) is 17.6 Å². The van der Waals surface area contributed by atoms with Gasteiger partial charge in [0.05, 0.1) is 11.3 Å². The summed E-state index contributed by atoms with van der Waals surface area (Å²) in [5, 5.41) is 5.15. The second-order valence-electron chi connectivity index (χ2n) is 5.74. The molecule has 0 fully saturated rings. The minimum Gasteiger partial charge on any atom is -0.352 e. The first-order valence-corrected chi connectivity index (χ1v) is 8.87. The molecule has 0 radical (unpaired) electrons. The van der Waals surface area contributed by atoms with Crippen molar-refractivity contribution < 1.29 is 22.4 Å². The standard InChI is InChI=1S/C19H14F4N2OS/c20-15-6-4-12(5-7-15)18-25-16(11-27-18)8-9-24-17(26)13-2-1-3-14(10-13)19(21,22)23/h1-7,10-11H,8-9H2,(H,24,26). The number of carbonyl (C=O) groups is 1. The summed E-state index contributed by atoms with van der Waals surface area (Å²) in [6.07, 6.45) is -4.06. The Hall–Kier alpha value is -2.74. The zero-order valence-corrected chi connectivity index (χ0v) is 14.7. The Labute approximate surface area is 156 Å². The summed E-state index contributed by atoms with van der Waals surface area (Å²) in [5.74, 6) is -0.900. The van der Waals surface area contributed by atoms with E-state index in [0.29, 0.717) is 6.42 Å². The maximum absolute atomic E-state index is 13.0. The van der Waals surface area contributed by atoms with E-state index in [-0.39, 0.29) is 17.9 Å². The van der Waals surface area contributed by atoms with Gasteiger partial charge in [-0.05, 0) is 42.5 Å². The summed E-state index contributed by atoms with van der Waals surface area (Å²) < 4.78 is 51.1. The van der Waals surface area contributed by atoms with Crippen molar-refractivity contribution in [2.75, 3.05) is 6.54 Å². The van der Waals surface area contributed by atoms with Crippen LogP contribution in [-0.2, 0) is 12.6 Å². The molecule has 140 valence electrons. The average Bonchev–Trinajstić information content (AvgIpc) is 3.10. The highest BCUT2D eigenvalue weighted by Gasteiger charge is 2.30. The molecule has 0 spiro atoms.